The molecule has 0 radical (unpaired) electrons. The zero-order valence-electron chi connectivity index (χ0n) is 8.23. The highest BCUT2D eigenvalue weighted by molar-refractivity contribution is 7.19. The summed E-state index contributed by atoms with van der Waals surface area (Å²) in [6.45, 7) is 2.90. The lowest BCUT2D eigenvalue weighted by Crippen LogP contribution is -2.03. The fourth-order valence-electron chi connectivity index (χ4n) is 1.57. The lowest BCUT2D eigenvalue weighted by Gasteiger charge is -1.96. The Morgan fingerprint density at radius 1 is 1.43 bits per heavy atom. The van der Waals surface area contributed by atoms with Gasteiger partial charge in [-0.05, 0) is 43.1 Å². The van der Waals surface area contributed by atoms with Crippen LogP contribution in [-0.2, 0) is 6.54 Å². The van der Waals surface area contributed by atoms with Gasteiger partial charge in [0.2, 0.25) is 0 Å². The quantitative estimate of drug-likeness (QED) is 0.801. The Kier molecular flexibility index (Phi) is 2.52. The lowest BCUT2D eigenvalue weighted by atomic mass is 10.1. The summed E-state index contributed by atoms with van der Waals surface area (Å²) in [5, 5.41) is 4.16. The van der Waals surface area contributed by atoms with E-state index in [4.69, 9.17) is 0 Å². The van der Waals surface area contributed by atoms with Gasteiger partial charge in [-0.3, -0.25) is 0 Å². The molecule has 0 aliphatic rings. The van der Waals surface area contributed by atoms with Crippen molar-refractivity contribution in [3.05, 3.63) is 34.5 Å². The topological polar surface area (TPSA) is 12.0 Å². The molecule has 1 aromatic carbocycles. The van der Waals surface area contributed by atoms with Crippen molar-refractivity contribution in [1.29, 1.82) is 0 Å². The van der Waals surface area contributed by atoms with E-state index in [2.05, 4.69) is 5.32 Å². The highest BCUT2D eigenvalue weighted by Crippen LogP contribution is 2.30. The standard InChI is InChI=1S/C11H12FNS/c1-7-9-5-8(12)3-4-10(9)14-11(7)6-13-2/h3-5,13H,6H2,1-2H3. The summed E-state index contributed by atoms with van der Waals surface area (Å²) in [7, 11) is 1.92. The normalized spacial score (nSPS) is 11.1. The van der Waals surface area contributed by atoms with Gasteiger partial charge >= 0.3 is 0 Å². The van der Waals surface area contributed by atoms with E-state index in [0.717, 1.165) is 16.6 Å². The van der Waals surface area contributed by atoms with Crippen LogP contribution in [-0.4, -0.2) is 7.05 Å². The Hall–Kier alpha value is -0.930. The van der Waals surface area contributed by atoms with Crippen LogP contribution in [0.5, 0.6) is 0 Å². The summed E-state index contributed by atoms with van der Waals surface area (Å²) in [6, 6.07) is 4.98. The molecule has 1 heterocycles. The Labute approximate surface area is 86.6 Å². The molecule has 0 unspecified atom stereocenters. The highest BCUT2D eigenvalue weighted by Gasteiger charge is 2.07. The highest BCUT2D eigenvalue weighted by atomic mass is 32.1. The van der Waals surface area contributed by atoms with Gasteiger partial charge in [-0.1, -0.05) is 0 Å². The average Bonchev–Trinajstić information content (AvgIpc) is 2.46. The van der Waals surface area contributed by atoms with E-state index in [1.165, 1.54) is 16.5 Å². The molecule has 0 saturated carbocycles. The van der Waals surface area contributed by atoms with Crippen molar-refractivity contribution < 1.29 is 4.39 Å². The summed E-state index contributed by atoms with van der Waals surface area (Å²) >= 11 is 1.73. The third kappa shape index (κ3) is 1.53. The third-order valence-electron chi connectivity index (χ3n) is 2.33. The number of hydrogen-bond donors (Lipinski definition) is 1. The number of hydrogen-bond acceptors (Lipinski definition) is 2. The smallest absolute Gasteiger partial charge is 0.123 e. The Balaban J connectivity index is 2.62. The first-order chi connectivity index (χ1) is 6.72. The summed E-state index contributed by atoms with van der Waals surface area (Å²) in [6.07, 6.45) is 0. The molecule has 0 bridgehead atoms. The molecule has 0 saturated heterocycles. The molecule has 0 aliphatic heterocycles. The number of rotatable bonds is 2. The molecule has 14 heavy (non-hydrogen) atoms. The van der Waals surface area contributed by atoms with Gasteiger partial charge in [0.1, 0.15) is 5.82 Å². The zero-order valence-corrected chi connectivity index (χ0v) is 9.04. The Bertz CT molecular complexity index is 462. The van der Waals surface area contributed by atoms with Gasteiger partial charge in [0.05, 0.1) is 0 Å². The Morgan fingerprint density at radius 3 is 2.93 bits per heavy atom. The molecule has 0 spiro atoms. The van der Waals surface area contributed by atoms with Gasteiger partial charge < -0.3 is 5.32 Å². The molecule has 0 aliphatic carbocycles. The minimum atomic E-state index is -0.158. The first-order valence-electron chi connectivity index (χ1n) is 4.54. The average molecular weight is 209 g/mol. The fourth-order valence-corrected chi connectivity index (χ4v) is 2.78. The first-order valence-corrected chi connectivity index (χ1v) is 5.36. The van der Waals surface area contributed by atoms with Crippen LogP contribution in [0.2, 0.25) is 0 Å². The molecule has 2 aromatic rings. The maximum atomic E-state index is 13.0. The molecule has 2 rings (SSSR count). The number of thiophene rings is 1. The summed E-state index contributed by atoms with van der Waals surface area (Å²) in [5.41, 5.74) is 1.19. The van der Waals surface area contributed by atoms with Crippen molar-refractivity contribution in [1.82, 2.24) is 5.32 Å². The van der Waals surface area contributed by atoms with Crippen molar-refractivity contribution in [2.24, 2.45) is 0 Å². The minimum Gasteiger partial charge on any atom is -0.315 e. The van der Waals surface area contributed by atoms with E-state index in [1.807, 2.05) is 20.0 Å². The molecule has 1 N–H and O–H groups in total. The van der Waals surface area contributed by atoms with Gasteiger partial charge in [-0.15, -0.1) is 11.3 Å². The number of fused-ring (bicyclic) bond motifs is 1. The van der Waals surface area contributed by atoms with Gasteiger partial charge in [-0.25, -0.2) is 4.39 Å². The van der Waals surface area contributed by atoms with Crippen LogP contribution in [0.3, 0.4) is 0 Å². The van der Waals surface area contributed by atoms with Crippen LogP contribution in [0, 0.1) is 12.7 Å². The second kappa shape index (κ2) is 3.67. The molecule has 1 nitrogen and oxygen atoms in total. The summed E-state index contributed by atoms with van der Waals surface area (Å²) in [5.74, 6) is -0.158. The van der Waals surface area contributed by atoms with E-state index >= 15 is 0 Å². The fraction of sp³-hybridized carbons (Fsp3) is 0.273. The van der Waals surface area contributed by atoms with Crippen LogP contribution in [0.4, 0.5) is 4.39 Å². The molecule has 3 heteroatoms. The first kappa shape index (κ1) is 9.62. The number of halogens is 1. The van der Waals surface area contributed by atoms with Crippen molar-refractivity contribution in [3.8, 4) is 0 Å². The van der Waals surface area contributed by atoms with Crippen LogP contribution in [0.15, 0.2) is 18.2 Å². The molecule has 1 aromatic heterocycles. The molecule has 0 fully saturated rings. The van der Waals surface area contributed by atoms with E-state index in [-0.39, 0.29) is 5.82 Å². The summed E-state index contributed by atoms with van der Waals surface area (Å²) < 4.78 is 14.2. The number of aryl methyl sites for hydroxylation is 1. The number of nitrogens with one attached hydrogen (secondary N) is 1. The van der Waals surface area contributed by atoms with Crippen LogP contribution >= 0.6 is 11.3 Å². The van der Waals surface area contributed by atoms with Crippen molar-refractivity contribution >= 4 is 21.4 Å². The van der Waals surface area contributed by atoms with Gasteiger partial charge in [-0.2, -0.15) is 0 Å². The molecule has 0 atom stereocenters. The van der Waals surface area contributed by atoms with E-state index in [9.17, 15) is 4.39 Å². The second-order valence-corrected chi connectivity index (χ2v) is 4.46. The third-order valence-corrected chi connectivity index (χ3v) is 3.61. The van der Waals surface area contributed by atoms with Crippen molar-refractivity contribution in [2.75, 3.05) is 7.05 Å². The molecular formula is C11H12FNS. The monoisotopic (exact) mass is 209 g/mol. The SMILES string of the molecule is CNCc1sc2ccc(F)cc2c1C. The predicted octanol–water partition coefficient (Wildman–Crippen LogP) is 3.07. The van der Waals surface area contributed by atoms with E-state index in [0.29, 0.717) is 0 Å². The maximum absolute atomic E-state index is 13.0. The summed E-state index contributed by atoms with van der Waals surface area (Å²) in [4.78, 5) is 1.29. The van der Waals surface area contributed by atoms with Crippen LogP contribution in [0.25, 0.3) is 10.1 Å². The Morgan fingerprint density at radius 2 is 2.21 bits per heavy atom. The van der Waals surface area contributed by atoms with Crippen molar-refractivity contribution in [3.63, 3.8) is 0 Å². The van der Waals surface area contributed by atoms with Gasteiger partial charge in [0.15, 0.2) is 0 Å². The van der Waals surface area contributed by atoms with Gasteiger partial charge in [0.25, 0.3) is 0 Å². The molecular weight excluding hydrogens is 197 g/mol. The lowest BCUT2D eigenvalue weighted by molar-refractivity contribution is 0.630. The van der Waals surface area contributed by atoms with E-state index < -0.39 is 0 Å². The number of benzene rings is 1. The minimum absolute atomic E-state index is 0.158. The van der Waals surface area contributed by atoms with Crippen LogP contribution in [0.1, 0.15) is 10.4 Å². The predicted molar refractivity (Wildman–Crippen MR) is 59.3 cm³/mol. The zero-order chi connectivity index (χ0) is 10.1. The van der Waals surface area contributed by atoms with Crippen LogP contribution < -0.4 is 5.32 Å². The second-order valence-electron chi connectivity index (χ2n) is 3.32. The van der Waals surface area contributed by atoms with Gasteiger partial charge in [0, 0.05) is 16.1 Å². The largest absolute Gasteiger partial charge is 0.315 e. The van der Waals surface area contributed by atoms with E-state index in [1.54, 1.807) is 17.4 Å². The maximum Gasteiger partial charge on any atom is 0.123 e. The molecule has 74 valence electrons. The van der Waals surface area contributed by atoms with Crippen molar-refractivity contribution in [2.45, 2.75) is 13.5 Å². The molecule has 0 amide bonds.